The van der Waals surface area contributed by atoms with Gasteiger partial charge in [0.15, 0.2) is 0 Å². The largest absolute Gasteiger partial charge is 0.471 e. The van der Waals surface area contributed by atoms with Gasteiger partial charge in [-0.1, -0.05) is 69.2 Å². The summed E-state index contributed by atoms with van der Waals surface area (Å²) >= 11 is 0. The van der Waals surface area contributed by atoms with Gasteiger partial charge < -0.3 is 10.1 Å². The molecule has 1 aliphatic rings. The predicted molar refractivity (Wildman–Crippen MR) is 117 cm³/mol. The minimum atomic E-state index is -5.00. The molecular formula is C24H31F3N2O4. The number of halogens is 3. The van der Waals surface area contributed by atoms with Crippen LogP contribution in [0.15, 0.2) is 42.0 Å². The first kappa shape index (κ1) is 26.4. The maximum absolute atomic E-state index is 13.4. The van der Waals surface area contributed by atoms with Gasteiger partial charge in [0.05, 0.1) is 18.0 Å². The molecule has 0 bridgehead atoms. The molecule has 182 valence electrons. The Morgan fingerprint density at radius 2 is 1.88 bits per heavy atom. The Morgan fingerprint density at radius 3 is 2.42 bits per heavy atom. The molecule has 1 fully saturated rings. The average Bonchev–Trinajstić information content (AvgIpc) is 3.10. The Kier molecular flexibility index (Phi) is 9.07. The number of nitrogens with zero attached hydrogens (tertiary/aromatic N) is 1. The molecule has 1 heterocycles. The number of carbonyl (C=O) groups is 3. The van der Waals surface area contributed by atoms with Crippen LogP contribution in [-0.2, 0) is 20.7 Å². The number of benzene rings is 1. The first-order valence-corrected chi connectivity index (χ1v) is 11.0. The highest BCUT2D eigenvalue weighted by Crippen LogP contribution is 2.25. The normalized spacial score (nSPS) is 18.8. The fourth-order valence-corrected chi connectivity index (χ4v) is 3.99. The Morgan fingerprint density at radius 1 is 1.24 bits per heavy atom. The first-order valence-electron chi connectivity index (χ1n) is 11.0. The van der Waals surface area contributed by atoms with E-state index in [0.717, 1.165) is 10.5 Å². The van der Waals surface area contributed by atoms with E-state index in [-0.39, 0.29) is 12.5 Å². The van der Waals surface area contributed by atoms with E-state index in [2.05, 4.69) is 0 Å². The lowest BCUT2D eigenvalue weighted by Gasteiger charge is -2.27. The van der Waals surface area contributed by atoms with Crippen molar-refractivity contribution in [2.45, 2.75) is 65.2 Å². The molecule has 3 amide bonds. The standard InChI is InChI=1S/C24H31F3N2O4/c1-5-9-18(12-16(4)20(15(2)3)28-22(31)24(25,26)27)21(30)29-19(14-33-23(29)32)13-17-10-7-6-8-11-17/h6-8,10-12,15,18-20H,5,9,13-14H2,1-4H3,(H,28,31)/b16-12+/t18-,19-,20+/m1/s1. The molecule has 1 saturated heterocycles. The van der Waals surface area contributed by atoms with Crippen LogP contribution in [0.1, 0.15) is 46.1 Å². The van der Waals surface area contributed by atoms with Gasteiger partial charge in [0.1, 0.15) is 6.61 Å². The molecule has 1 aliphatic heterocycles. The summed E-state index contributed by atoms with van der Waals surface area (Å²) in [5.74, 6) is -3.56. The van der Waals surface area contributed by atoms with Gasteiger partial charge in [0.2, 0.25) is 5.91 Å². The number of amides is 3. The summed E-state index contributed by atoms with van der Waals surface area (Å²) in [4.78, 5) is 38.4. The van der Waals surface area contributed by atoms with Gasteiger partial charge in [-0.3, -0.25) is 9.59 Å². The third-order valence-electron chi connectivity index (χ3n) is 5.59. The molecule has 33 heavy (non-hydrogen) atoms. The fraction of sp³-hybridized carbons (Fsp3) is 0.542. The lowest BCUT2D eigenvalue weighted by atomic mass is 9.91. The zero-order valence-electron chi connectivity index (χ0n) is 19.3. The van der Waals surface area contributed by atoms with Gasteiger partial charge in [-0.05, 0) is 31.2 Å². The van der Waals surface area contributed by atoms with Crippen LogP contribution in [0, 0.1) is 11.8 Å². The SMILES string of the molecule is CCC[C@H](/C=C(\C)[C@@H](NC(=O)C(F)(F)F)C(C)C)C(=O)N1C(=O)OC[C@H]1Cc1ccccc1. The van der Waals surface area contributed by atoms with Crippen molar-refractivity contribution in [3.63, 3.8) is 0 Å². The molecule has 3 atom stereocenters. The fourth-order valence-electron chi connectivity index (χ4n) is 3.99. The molecule has 0 aromatic heterocycles. The Bertz CT molecular complexity index is 868. The van der Waals surface area contributed by atoms with Crippen molar-refractivity contribution >= 4 is 17.9 Å². The van der Waals surface area contributed by atoms with E-state index in [0.29, 0.717) is 24.8 Å². The van der Waals surface area contributed by atoms with Crippen molar-refractivity contribution in [3.8, 4) is 0 Å². The summed E-state index contributed by atoms with van der Waals surface area (Å²) in [6.45, 7) is 6.91. The van der Waals surface area contributed by atoms with Crippen molar-refractivity contribution in [1.29, 1.82) is 0 Å². The zero-order valence-corrected chi connectivity index (χ0v) is 19.3. The smallest absolute Gasteiger partial charge is 0.447 e. The molecule has 1 aromatic carbocycles. The minimum Gasteiger partial charge on any atom is -0.447 e. The third-order valence-corrected chi connectivity index (χ3v) is 5.59. The summed E-state index contributed by atoms with van der Waals surface area (Å²) in [5, 5.41) is 2.01. The van der Waals surface area contributed by atoms with E-state index < -0.39 is 42.1 Å². The number of alkyl halides is 3. The third kappa shape index (κ3) is 7.07. The molecule has 0 radical (unpaired) electrons. The number of rotatable bonds is 9. The number of hydrogen-bond acceptors (Lipinski definition) is 4. The van der Waals surface area contributed by atoms with Crippen molar-refractivity contribution in [1.82, 2.24) is 10.2 Å². The van der Waals surface area contributed by atoms with Gasteiger partial charge in [-0.2, -0.15) is 13.2 Å². The second kappa shape index (κ2) is 11.3. The second-order valence-corrected chi connectivity index (χ2v) is 8.63. The van der Waals surface area contributed by atoms with Gasteiger partial charge in [0.25, 0.3) is 0 Å². The van der Waals surface area contributed by atoms with Crippen LogP contribution >= 0.6 is 0 Å². The highest BCUT2D eigenvalue weighted by molar-refractivity contribution is 5.95. The van der Waals surface area contributed by atoms with Gasteiger partial charge in [-0.15, -0.1) is 0 Å². The maximum atomic E-state index is 13.4. The first-order chi connectivity index (χ1) is 15.5. The number of cyclic esters (lactones) is 1. The summed E-state index contributed by atoms with van der Waals surface area (Å²) in [6.07, 6.45) is -2.70. The van der Waals surface area contributed by atoms with Crippen molar-refractivity contribution in [2.24, 2.45) is 11.8 Å². The van der Waals surface area contributed by atoms with Gasteiger partial charge in [0, 0.05) is 0 Å². The summed E-state index contributed by atoms with van der Waals surface area (Å²) in [7, 11) is 0. The topological polar surface area (TPSA) is 75.7 Å². The van der Waals surface area contributed by atoms with Crippen LogP contribution in [0.2, 0.25) is 0 Å². The number of carbonyl (C=O) groups excluding carboxylic acids is 3. The highest BCUT2D eigenvalue weighted by Gasteiger charge is 2.42. The highest BCUT2D eigenvalue weighted by atomic mass is 19.4. The van der Waals surface area contributed by atoms with Gasteiger partial charge >= 0.3 is 18.2 Å². The van der Waals surface area contributed by atoms with E-state index in [1.54, 1.807) is 26.8 Å². The van der Waals surface area contributed by atoms with Crippen molar-refractivity contribution in [2.75, 3.05) is 6.61 Å². The lowest BCUT2D eigenvalue weighted by Crippen LogP contribution is -2.46. The molecule has 2 rings (SSSR count). The average molecular weight is 469 g/mol. The molecule has 0 saturated carbocycles. The monoisotopic (exact) mass is 468 g/mol. The molecule has 0 aliphatic carbocycles. The molecule has 1 N–H and O–H groups in total. The van der Waals surface area contributed by atoms with Crippen LogP contribution in [0.25, 0.3) is 0 Å². The number of nitrogens with one attached hydrogen (secondary N) is 1. The molecule has 9 heteroatoms. The Hall–Kier alpha value is -2.84. The van der Waals surface area contributed by atoms with Crippen LogP contribution < -0.4 is 5.32 Å². The zero-order chi connectivity index (χ0) is 24.8. The van der Waals surface area contributed by atoms with E-state index >= 15 is 0 Å². The van der Waals surface area contributed by atoms with E-state index in [9.17, 15) is 27.6 Å². The number of imide groups is 1. The molecular weight excluding hydrogens is 437 g/mol. The van der Waals surface area contributed by atoms with Gasteiger partial charge in [-0.25, -0.2) is 9.69 Å². The van der Waals surface area contributed by atoms with Crippen LogP contribution in [0.4, 0.5) is 18.0 Å². The lowest BCUT2D eigenvalue weighted by molar-refractivity contribution is -0.174. The molecule has 6 nitrogen and oxygen atoms in total. The summed E-state index contributed by atoms with van der Waals surface area (Å²) in [5.41, 5.74) is 1.38. The summed E-state index contributed by atoms with van der Waals surface area (Å²) in [6, 6.07) is 8.03. The molecule has 0 spiro atoms. The van der Waals surface area contributed by atoms with Crippen LogP contribution in [-0.4, -0.2) is 47.7 Å². The Labute approximate surface area is 192 Å². The Balaban J connectivity index is 2.26. The minimum absolute atomic E-state index is 0.0806. The van der Waals surface area contributed by atoms with Crippen LogP contribution in [0.5, 0.6) is 0 Å². The quantitative estimate of drug-likeness (QED) is 0.536. The van der Waals surface area contributed by atoms with Crippen molar-refractivity contribution < 1.29 is 32.3 Å². The predicted octanol–water partition coefficient (Wildman–Crippen LogP) is 4.64. The molecule has 1 aromatic rings. The van der Waals surface area contributed by atoms with E-state index in [4.69, 9.17) is 4.74 Å². The molecule has 0 unspecified atom stereocenters. The van der Waals surface area contributed by atoms with Crippen molar-refractivity contribution in [3.05, 3.63) is 47.5 Å². The second-order valence-electron chi connectivity index (χ2n) is 8.63. The van der Waals surface area contributed by atoms with Crippen LogP contribution in [0.3, 0.4) is 0 Å². The van der Waals surface area contributed by atoms with E-state index in [1.807, 2.05) is 42.6 Å². The number of hydrogen-bond donors (Lipinski definition) is 1. The van der Waals surface area contributed by atoms with E-state index in [1.165, 1.54) is 0 Å². The summed E-state index contributed by atoms with van der Waals surface area (Å²) < 4.78 is 43.5. The number of ether oxygens (including phenoxy) is 1. The maximum Gasteiger partial charge on any atom is 0.471 e.